The Bertz CT molecular complexity index is 279. The molecule has 4 nitrogen and oxygen atoms in total. The third-order valence-corrected chi connectivity index (χ3v) is 4.14. The zero-order valence-electron chi connectivity index (χ0n) is 10.4. The normalized spacial score (nSPS) is 34.6. The van der Waals surface area contributed by atoms with Gasteiger partial charge in [-0.15, -0.1) is 0 Å². The molecule has 0 spiro atoms. The van der Waals surface area contributed by atoms with Crippen LogP contribution >= 0.6 is 0 Å². The summed E-state index contributed by atoms with van der Waals surface area (Å²) in [4.78, 5) is 14.0. The molecule has 92 valence electrons. The smallest absolute Gasteiger partial charge is 0.317 e. The van der Waals surface area contributed by atoms with E-state index in [4.69, 9.17) is 5.73 Å². The van der Waals surface area contributed by atoms with E-state index in [1.165, 1.54) is 0 Å². The summed E-state index contributed by atoms with van der Waals surface area (Å²) in [6, 6.07) is 0.773. The van der Waals surface area contributed by atoms with Crippen molar-refractivity contribution < 1.29 is 4.79 Å². The maximum absolute atomic E-state index is 12.1. The average molecular weight is 225 g/mol. The molecule has 1 saturated carbocycles. The lowest BCUT2D eigenvalue weighted by atomic mass is 10.1. The molecular formula is C12H23N3O. The molecule has 0 aromatic rings. The number of hydrogen-bond acceptors (Lipinski definition) is 2. The number of urea groups is 1. The van der Waals surface area contributed by atoms with E-state index in [1.54, 1.807) is 0 Å². The Kier molecular flexibility index (Phi) is 3.10. The number of piperidine rings is 1. The van der Waals surface area contributed by atoms with Gasteiger partial charge in [0.25, 0.3) is 0 Å². The first-order valence-corrected chi connectivity index (χ1v) is 6.31. The summed E-state index contributed by atoms with van der Waals surface area (Å²) < 4.78 is 0. The molecule has 4 atom stereocenters. The molecule has 1 saturated heterocycles. The molecule has 0 aromatic heterocycles. The maximum atomic E-state index is 12.1. The average Bonchev–Trinajstić information content (AvgIpc) is 2.75. The molecule has 4 unspecified atom stereocenters. The molecule has 4 heteroatoms. The molecule has 1 aliphatic heterocycles. The number of carbonyl (C=O) groups is 1. The lowest BCUT2D eigenvalue weighted by Crippen LogP contribution is -2.53. The van der Waals surface area contributed by atoms with Crippen LogP contribution in [-0.2, 0) is 0 Å². The van der Waals surface area contributed by atoms with Crippen LogP contribution in [-0.4, -0.2) is 35.6 Å². The van der Waals surface area contributed by atoms with Crippen molar-refractivity contribution in [3.8, 4) is 0 Å². The monoisotopic (exact) mass is 225 g/mol. The van der Waals surface area contributed by atoms with Crippen LogP contribution in [0.15, 0.2) is 0 Å². The molecule has 1 aliphatic carbocycles. The fourth-order valence-corrected chi connectivity index (χ4v) is 2.75. The second kappa shape index (κ2) is 4.24. The van der Waals surface area contributed by atoms with E-state index in [1.807, 2.05) is 4.90 Å². The van der Waals surface area contributed by atoms with Gasteiger partial charge in [-0.25, -0.2) is 4.79 Å². The Morgan fingerprint density at radius 2 is 2.06 bits per heavy atom. The largest absolute Gasteiger partial charge is 0.335 e. The molecule has 0 radical (unpaired) electrons. The summed E-state index contributed by atoms with van der Waals surface area (Å²) >= 11 is 0. The number of nitrogens with two attached hydrogens (primary N) is 1. The lowest BCUT2D eigenvalue weighted by Gasteiger charge is -2.32. The zero-order chi connectivity index (χ0) is 11.9. The lowest BCUT2D eigenvalue weighted by molar-refractivity contribution is 0.168. The number of likely N-dealkylation sites (tertiary alicyclic amines) is 1. The topological polar surface area (TPSA) is 58.4 Å². The highest BCUT2D eigenvalue weighted by molar-refractivity contribution is 5.75. The first kappa shape index (κ1) is 11.7. The van der Waals surface area contributed by atoms with Crippen LogP contribution in [0.2, 0.25) is 0 Å². The van der Waals surface area contributed by atoms with Gasteiger partial charge in [0.05, 0.1) is 0 Å². The van der Waals surface area contributed by atoms with Crippen molar-refractivity contribution >= 4 is 6.03 Å². The Hall–Kier alpha value is -0.770. The number of fused-ring (bicyclic) bond motifs is 2. The van der Waals surface area contributed by atoms with Crippen LogP contribution in [0.3, 0.4) is 0 Å². The molecule has 2 aliphatic rings. The van der Waals surface area contributed by atoms with E-state index in [0.29, 0.717) is 11.8 Å². The molecule has 2 amide bonds. The standard InChI is InChI=1S/C12H23N3O/c1-7(2)8(3)14-12(16)15-6-9-4-10(13)11(15)5-9/h7-11H,4-6,13H2,1-3H3,(H,14,16). The highest BCUT2D eigenvalue weighted by Gasteiger charge is 2.45. The minimum absolute atomic E-state index is 0.0730. The number of amides is 2. The number of hydrogen-bond donors (Lipinski definition) is 2. The Morgan fingerprint density at radius 1 is 1.38 bits per heavy atom. The van der Waals surface area contributed by atoms with E-state index in [2.05, 4.69) is 26.1 Å². The van der Waals surface area contributed by atoms with Crippen molar-refractivity contribution in [1.29, 1.82) is 0 Å². The van der Waals surface area contributed by atoms with E-state index < -0.39 is 0 Å². The molecule has 2 rings (SSSR count). The quantitative estimate of drug-likeness (QED) is 0.741. The summed E-state index contributed by atoms with van der Waals surface area (Å²) in [5, 5.41) is 3.06. The zero-order valence-corrected chi connectivity index (χ0v) is 10.4. The van der Waals surface area contributed by atoms with Crippen molar-refractivity contribution in [2.75, 3.05) is 6.54 Å². The van der Waals surface area contributed by atoms with E-state index >= 15 is 0 Å². The minimum atomic E-state index is 0.0730. The van der Waals surface area contributed by atoms with E-state index in [-0.39, 0.29) is 24.2 Å². The highest BCUT2D eigenvalue weighted by atomic mass is 16.2. The summed E-state index contributed by atoms with van der Waals surface area (Å²) in [7, 11) is 0. The number of nitrogens with zero attached hydrogens (tertiary/aromatic N) is 1. The number of rotatable bonds is 2. The third-order valence-electron chi connectivity index (χ3n) is 4.14. The molecule has 0 aromatic carbocycles. The third kappa shape index (κ3) is 2.03. The van der Waals surface area contributed by atoms with Gasteiger partial charge in [0.2, 0.25) is 0 Å². The van der Waals surface area contributed by atoms with Crippen LogP contribution in [0.25, 0.3) is 0 Å². The van der Waals surface area contributed by atoms with Crippen LogP contribution in [0, 0.1) is 11.8 Å². The Balaban J connectivity index is 1.91. The van der Waals surface area contributed by atoms with Gasteiger partial charge in [-0.3, -0.25) is 0 Å². The number of nitrogens with one attached hydrogen (secondary N) is 1. The van der Waals surface area contributed by atoms with Crippen molar-refractivity contribution in [2.45, 2.75) is 51.7 Å². The second-order valence-corrected chi connectivity index (χ2v) is 5.70. The first-order valence-electron chi connectivity index (χ1n) is 6.31. The van der Waals surface area contributed by atoms with Gasteiger partial charge in [0.1, 0.15) is 0 Å². The minimum Gasteiger partial charge on any atom is -0.335 e. The Labute approximate surface area is 97.6 Å². The van der Waals surface area contributed by atoms with E-state index in [9.17, 15) is 4.79 Å². The van der Waals surface area contributed by atoms with Gasteiger partial charge in [-0.2, -0.15) is 0 Å². The summed E-state index contributed by atoms with van der Waals surface area (Å²) in [5.41, 5.74) is 6.02. The van der Waals surface area contributed by atoms with Crippen molar-refractivity contribution in [1.82, 2.24) is 10.2 Å². The molecule has 16 heavy (non-hydrogen) atoms. The van der Waals surface area contributed by atoms with E-state index in [0.717, 1.165) is 19.4 Å². The predicted molar refractivity (Wildman–Crippen MR) is 64.0 cm³/mol. The fraction of sp³-hybridized carbons (Fsp3) is 0.917. The van der Waals surface area contributed by atoms with Crippen molar-refractivity contribution in [3.63, 3.8) is 0 Å². The van der Waals surface area contributed by atoms with Gasteiger partial charge in [0.15, 0.2) is 0 Å². The van der Waals surface area contributed by atoms with Crippen LogP contribution in [0.1, 0.15) is 33.6 Å². The van der Waals surface area contributed by atoms with Crippen LogP contribution < -0.4 is 11.1 Å². The molecule has 2 bridgehead atoms. The summed E-state index contributed by atoms with van der Waals surface area (Å²) in [6.07, 6.45) is 2.19. The molecular weight excluding hydrogens is 202 g/mol. The van der Waals surface area contributed by atoms with Crippen molar-refractivity contribution in [2.24, 2.45) is 17.6 Å². The highest BCUT2D eigenvalue weighted by Crippen LogP contribution is 2.36. The van der Waals surface area contributed by atoms with Gasteiger partial charge in [-0.1, -0.05) is 13.8 Å². The maximum Gasteiger partial charge on any atom is 0.317 e. The van der Waals surface area contributed by atoms with Crippen LogP contribution in [0.5, 0.6) is 0 Å². The molecule has 3 N–H and O–H groups in total. The molecule has 2 fully saturated rings. The predicted octanol–water partition coefficient (Wildman–Crippen LogP) is 1.16. The van der Waals surface area contributed by atoms with Gasteiger partial charge < -0.3 is 16.0 Å². The second-order valence-electron chi connectivity index (χ2n) is 5.70. The summed E-state index contributed by atoms with van der Waals surface area (Å²) in [5.74, 6) is 1.11. The van der Waals surface area contributed by atoms with Crippen molar-refractivity contribution in [3.05, 3.63) is 0 Å². The first-order chi connectivity index (χ1) is 7.49. The number of carbonyl (C=O) groups excluding carboxylic acids is 1. The Morgan fingerprint density at radius 3 is 2.56 bits per heavy atom. The summed E-state index contributed by atoms with van der Waals surface area (Å²) in [6.45, 7) is 7.19. The molecule has 1 heterocycles. The SMILES string of the molecule is CC(C)C(C)NC(=O)N1CC2CC(N)C1C2. The van der Waals surface area contributed by atoms with Gasteiger partial charge in [-0.05, 0) is 31.6 Å². The van der Waals surface area contributed by atoms with Gasteiger partial charge >= 0.3 is 6.03 Å². The van der Waals surface area contributed by atoms with Gasteiger partial charge in [0, 0.05) is 24.7 Å². The van der Waals surface area contributed by atoms with Crippen LogP contribution in [0.4, 0.5) is 4.79 Å². The fourth-order valence-electron chi connectivity index (χ4n) is 2.75.